The fourth-order valence-electron chi connectivity index (χ4n) is 3.64. The third-order valence-corrected chi connectivity index (χ3v) is 8.08. The van der Waals surface area contributed by atoms with Gasteiger partial charge in [0.05, 0.1) is 12.2 Å². The second-order valence-corrected chi connectivity index (χ2v) is 11.3. The number of nitrogens with two attached hydrogens (primary N) is 1. The Balaban J connectivity index is 1.96. The van der Waals surface area contributed by atoms with Crippen LogP contribution < -0.4 is 15.2 Å². The SMILES string of the molecule is CCCN(CCc1sccc1-c1ccc(OCCOC)cc1Oc1ncc(C(F)(F)F)cc1Cl)S(=O)(=O)OC(N)=O. The van der Waals surface area contributed by atoms with Gasteiger partial charge in [0.2, 0.25) is 5.88 Å². The van der Waals surface area contributed by atoms with Crippen LogP contribution in [0.4, 0.5) is 18.0 Å². The average molecular weight is 638 g/mol. The Morgan fingerprint density at radius 3 is 2.54 bits per heavy atom. The smallest absolute Gasteiger partial charge is 0.421 e. The highest BCUT2D eigenvalue weighted by Gasteiger charge is 2.32. The lowest BCUT2D eigenvalue weighted by molar-refractivity contribution is -0.137. The number of rotatable bonds is 14. The van der Waals surface area contributed by atoms with Crippen LogP contribution in [0, 0.1) is 0 Å². The molecule has 0 saturated carbocycles. The van der Waals surface area contributed by atoms with Gasteiger partial charge in [-0.1, -0.05) is 18.5 Å². The monoisotopic (exact) mass is 637 g/mol. The molecule has 0 aliphatic heterocycles. The van der Waals surface area contributed by atoms with Gasteiger partial charge in [-0.15, -0.1) is 11.3 Å². The summed E-state index contributed by atoms with van der Waals surface area (Å²) in [6.45, 7) is 2.39. The van der Waals surface area contributed by atoms with Crippen LogP contribution in [0.25, 0.3) is 11.1 Å². The minimum Gasteiger partial charge on any atom is -0.491 e. The van der Waals surface area contributed by atoms with E-state index in [9.17, 15) is 26.4 Å². The summed E-state index contributed by atoms with van der Waals surface area (Å²) in [4.78, 5) is 15.6. The quantitative estimate of drug-likeness (QED) is 0.216. The number of hydrogen-bond acceptors (Lipinski definition) is 9. The molecule has 2 heterocycles. The van der Waals surface area contributed by atoms with Gasteiger partial charge in [0.25, 0.3) is 0 Å². The van der Waals surface area contributed by atoms with E-state index >= 15 is 0 Å². The molecule has 1 aromatic carbocycles. The minimum absolute atomic E-state index is 0.0162. The molecule has 0 aliphatic rings. The van der Waals surface area contributed by atoms with Crippen LogP contribution >= 0.6 is 22.9 Å². The molecule has 41 heavy (non-hydrogen) atoms. The van der Waals surface area contributed by atoms with Crippen molar-refractivity contribution < 1.29 is 44.8 Å². The fraction of sp³-hybridized carbons (Fsp3) is 0.360. The number of aromatic nitrogens is 1. The van der Waals surface area contributed by atoms with Crippen molar-refractivity contribution >= 4 is 39.3 Å². The Kier molecular flexibility index (Phi) is 11.2. The molecule has 10 nitrogen and oxygen atoms in total. The molecule has 0 radical (unpaired) electrons. The normalized spacial score (nSPS) is 12.0. The number of methoxy groups -OCH3 is 1. The molecular weight excluding hydrogens is 611 g/mol. The van der Waals surface area contributed by atoms with Gasteiger partial charge >= 0.3 is 22.6 Å². The lowest BCUT2D eigenvalue weighted by Gasteiger charge is -2.20. The number of carbonyl (C=O) groups is 1. The predicted octanol–water partition coefficient (Wildman–Crippen LogP) is 5.89. The maximum atomic E-state index is 13.1. The number of primary amides is 1. The minimum atomic E-state index is -4.64. The van der Waals surface area contributed by atoms with E-state index in [4.69, 9.17) is 31.5 Å². The zero-order valence-electron chi connectivity index (χ0n) is 21.9. The van der Waals surface area contributed by atoms with Gasteiger partial charge < -0.3 is 24.1 Å². The van der Waals surface area contributed by atoms with E-state index in [0.29, 0.717) is 36.1 Å². The molecule has 0 atom stereocenters. The van der Waals surface area contributed by atoms with Crippen LogP contribution in [0.5, 0.6) is 17.4 Å². The van der Waals surface area contributed by atoms with Gasteiger partial charge in [-0.05, 0) is 48.1 Å². The summed E-state index contributed by atoms with van der Waals surface area (Å²) in [6, 6.07) is 7.41. The van der Waals surface area contributed by atoms with E-state index in [-0.39, 0.29) is 42.8 Å². The van der Waals surface area contributed by atoms with E-state index in [2.05, 4.69) is 9.17 Å². The first-order chi connectivity index (χ1) is 19.4. The molecule has 3 rings (SSSR count). The molecule has 1 amide bonds. The summed E-state index contributed by atoms with van der Waals surface area (Å²) in [6.07, 6.45) is -4.76. The lowest BCUT2D eigenvalue weighted by Crippen LogP contribution is -2.37. The summed E-state index contributed by atoms with van der Waals surface area (Å²) in [5.41, 5.74) is 5.07. The molecule has 224 valence electrons. The van der Waals surface area contributed by atoms with Gasteiger partial charge in [0.15, 0.2) is 0 Å². The zero-order chi connectivity index (χ0) is 30.2. The van der Waals surface area contributed by atoms with Crippen LogP contribution in [0.3, 0.4) is 0 Å². The van der Waals surface area contributed by atoms with Gasteiger partial charge in [-0.25, -0.2) is 9.78 Å². The van der Waals surface area contributed by atoms with E-state index in [0.717, 1.165) is 15.2 Å². The van der Waals surface area contributed by atoms with Crippen molar-refractivity contribution in [1.29, 1.82) is 0 Å². The molecule has 0 saturated heterocycles. The number of carbonyl (C=O) groups excluding carboxylic acids is 1. The Morgan fingerprint density at radius 2 is 1.90 bits per heavy atom. The van der Waals surface area contributed by atoms with Gasteiger partial charge in [-0.2, -0.15) is 25.9 Å². The second kappa shape index (κ2) is 14.2. The zero-order valence-corrected chi connectivity index (χ0v) is 24.3. The third kappa shape index (κ3) is 8.94. The van der Waals surface area contributed by atoms with Crippen molar-refractivity contribution in [3.05, 3.63) is 57.4 Å². The number of benzene rings is 1. The summed E-state index contributed by atoms with van der Waals surface area (Å²) in [5.74, 6) is 0.323. The van der Waals surface area contributed by atoms with Gasteiger partial charge in [0.1, 0.15) is 23.1 Å². The van der Waals surface area contributed by atoms with E-state index in [1.54, 1.807) is 30.5 Å². The maximum Gasteiger partial charge on any atom is 0.421 e. The standard InChI is InChI=1S/C25H27ClF3N3O7S2/c1-3-8-32(41(34,35)39-24(30)33)9-6-22-19(7-12-40-22)18-5-4-17(37-11-10-36-2)14-21(18)38-23-20(26)13-16(15-31-23)25(27,28)29/h4-5,7,12-15H,3,6,8-11H2,1-2H3,(H2,30,33). The van der Waals surface area contributed by atoms with Crippen LogP contribution in [-0.4, -0.2) is 57.2 Å². The predicted molar refractivity (Wildman–Crippen MR) is 147 cm³/mol. The first-order valence-electron chi connectivity index (χ1n) is 12.1. The van der Waals surface area contributed by atoms with Crippen LogP contribution in [0.1, 0.15) is 23.8 Å². The van der Waals surface area contributed by atoms with Crippen molar-refractivity contribution in [2.45, 2.75) is 25.9 Å². The third-order valence-electron chi connectivity index (χ3n) is 5.45. The molecule has 3 aromatic rings. The number of nitrogens with zero attached hydrogens (tertiary/aromatic N) is 2. The number of amides is 1. The molecule has 0 fully saturated rings. The maximum absolute atomic E-state index is 13.1. The Morgan fingerprint density at radius 1 is 1.15 bits per heavy atom. The first-order valence-corrected chi connectivity index (χ1v) is 14.7. The van der Waals surface area contributed by atoms with Crippen LogP contribution in [-0.2, 0) is 31.8 Å². The van der Waals surface area contributed by atoms with Crippen molar-refractivity contribution in [3.63, 3.8) is 0 Å². The van der Waals surface area contributed by atoms with E-state index < -0.39 is 28.1 Å². The summed E-state index contributed by atoms with van der Waals surface area (Å²) in [5, 5.41) is 1.44. The molecule has 16 heteroatoms. The van der Waals surface area contributed by atoms with Crippen molar-refractivity contribution in [1.82, 2.24) is 9.29 Å². The average Bonchev–Trinajstić information content (AvgIpc) is 3.35. The lowest BCUT2D eigenvalue weighted by atomic mass is 10.0. The molecule has 0 bridgehead atoms. The Bertz CT molecular complexity index is 1450. The topological polar surface area (TPSA) is 130 Å². The summed E-state index contributed by atoms with van der Waals surface area (Å²) >= 11 is 7.44. The fourth-order valence-corrected chi connectivity index (χ4v) is 5.77. The summed E-state index contributed by atoms with van der Waals surface area (Å²) < 4.78 is 86.1. The highest BCUT2D eigenvalue weighted by Crippen LogP contribution is 2.41. The van der Waals surface area contributed by atoms with Crippen molar-refractivity contribution in [2.24, 2.45) is 5.73 Å². The molecule has 0 unspecified atom stereocenters. The molecule has 2 N–H and O–H groups in total. The second-order valence-electron chi connectivity index (χ2n) is 8.38. The summed E-state index contributed by atoms with van der Waals surface area (Å²) in [7, 11) is -2.87. The molecule has 0 spiro atoms. The van der Waals surface area contributed by atoms with Crippen molar-refractivity contribution in [2.75, 3.05) is 33.4 Å². The number of thiophene rings is 1. The van der Waals surface area contributed by atoms with E-state index in [1.165, 1.54) is 24.5 Å². The highest BCUT2D eigenvalue weighted by molar-refractivity contribution is 7.84. The largest absolute Gasteiger partial charge is 0.491 e. The van der Waals surface area contributed by atoms with E-state index in [1.807, 2.05) is 0 Å². The number of ether oxygens (including phenoxy) is 3. The number of hydrogen-bond donors (Lipinski definition) is 1. The number of alkyl halides is 3. The van der Waals surface area contributed by atoms with Gasteiger partial charge in [0, 0.05) is 42.9 Å². The molecule has 0 aliphatic carbocycles. The van der Waals surface area contributed by atoms with Gasteiger partial charge in [-0.3, -0.25) is 0 Å². The number of pyridine rings is 1. The Labute approximate surface area is 244 Å². The highest BCUT2D eigenvalue weighted by atomic mass is 35.5. The Hall–Kier alpha value is -3.11. The van der Waals surface area contributed by atoms with Crippen LogP contribution in [0.2, 0.25) is 5.02 Å². The van der Waals surface area contributed by atoms with Crippen LogP contribution in [0.15, 0.2) is 41.9 Å². The first kappa shape index (κ1) is 32.4. The number of halogens is 4. The molecule has 2 aromatic heterocycles. The van der Waals surface area contributed by atoms with Crippen molar-refractivity contribution in [3.8, 4) is 28.5 Å². The molecular formula is C25H27ClF3N3O7S2.